The highest BCUT2D eigenvalue weighted by Crippen LogP contribution is 2.77. The van der Waals surface area contributed by atoms with Gasteiger partial charge >= 0.3 is 26.4 Å². The number of carbonyl (C=O) groups excluding carboxylic acids is 1. The summed E-state index contributed by atoms with van der Waals surface area (Å²) in [5, 5.41) is -2.33. The molecule has 0 saturated carbocycles. The number of carbonyl (C=O) groups is 1. The van der Waals surface area contributed by atoms with Gasteiger partial charge in [0.05, 0.1) is 6.61 Å². The maximum atomic E-state index is 12.7. The van der Waals surface area contributed by atoms with Crippen LogP contribution < -0.4 is 0 Å². The van der Waals surface area contributed by atoms with E-state index >= 15 is 0 Å². The van der Waals surface area contributed by atoms with Gasteiger partial charge in [-0.05, 0) is 12.8 Å². The second-order valence-electron chi connectivity index (χ2n) is 4.72. The fourth-order valence-corrected chi connectivity index (χ4v) is 5.72. The summed E-state index contributed by atoms with van der Waals surface area (Å²) in [7, 11) is -4.16. The summed E-state index contributed by atoms with van der Waals surface area (Å²) in [4.78, 5) is 11.8. The summed E-state index contributed by atoms with van der Waals surface area (Å²) in [5.74, 6) is 0.0483. The molecule has 0 unspecified atom stereocenters. The third kappa shape index (κ3) is 4.31. The van der Waals surface area contributed by atoms with Crippen molar-refractivity contribution in [2.75, 3.05) is 35.0 Å². The van der Waals surface area contributed by atoms with E-state index in [0.717, 1.165) is 35.4 Å². The van der Waals surface area contributed by atoms with E-state index in [0.29, 0.717) is 0 Å². The normalized spacial score (nSPS) is 13.3. The van der Waals surface area contributed by atoms with Gasteiger partial charge in [-0.3, -0.25) is 9.13 Å². The molecule has 11 heteroatoms. The van der Waals surface area contributed by atoms with Crippen LogP contribution in [-0.4, -0.2) is 46.3 Å². The van der Waals surface area contributed by atoms with Gasteiger partial charge in [-0.1, -0.05) is 13.8 Å². The molecule has 0 radical (unpaired) electrons. The van der Waals surface area contributed by atoms with E-state index in [1.54, 1.807) is 0 Å². The standard InChI is InChI=1S/C11H24O9P2/c1-9(2)8-19-10(12)20-11(3,21(13,15-4)16-5)22(14,17-6)18-7/h9H,8H2,1-7H3. The third-order valence-corrected chi connectivity index (χ3v) is 8.40. The molecule has 0 fully saturated rings. The molecule has 0 aliphatic rings. The van der Waals surface area contributed by atoms with Gasteiger partial charge in [0, 0.05) is 28.4 Å². The highest BCUT2D eigenvalue weighted by Gasteiger charge is 2.65. The van der Waals surface area contributed by atoms with Crippen LogP contribution in [0.4, 0.5) is 4.79 Å². The second kappa shape index (κ2) is 8.43. The summed E-state index contributed by atoms with van der Waals surface area (Å²) in [6.07, 6.45) is -1.19. The first-order chi connectivity index (χ1) is 10.1. The van der Waals surface area contributed by atoms with Crippen molar-refractivity contribution in [2.45, 2.75) is 25.9 Å². The molecule has 0 atom stereocenters. The summed E-state index contributed by atoms with van der Waals surface area (Å²) in [6, 6.07) is 0. The summed E-state index contributed by atoms with van der Waals surface area (Å²) in [6.45, 7) is 4.77. The molecule has 0 aromatic heterocycles. The van der Waals surface area contributed by atoms with Crippen molar-refractivity contribution >= 4 is 21.3 Å². The first kappa shape index (κ1) is 21.6. The van der Waals surface area contributed by atoms with Gasteiger partial charge in [0.2, 0.25) is 0 Å². The molecule has 0 saturated heterocycles. The van der Waals surface area contributed by atoms with E-state index in [9.17, 15) is 13.9 Å². The molecule has 0 aliphatic carbocycles. The zero-order chi connectivity index (χ0) is 17.6. The minimum Gasteiger partial charge on any atom is -0.434 e. The van der Waals surface area contributed by atoms with Crippen molar-refractivity contribution in [1.82, 2.24) is 0 Å². The molecule has 0 aliphatic heterocycles. The third-order valence-electron chi connectivity index (χ3n) is 2.79. The molecule has 9 nitrogen and oxygen atoms in total. The van der Waals surface area contributed by atoms with Gasteiger partial charge in [0.15, 0.2) is 0 Å². The first-order valence-electron chi connectivity index (χ1n) is 6.34. The van der Waals surface area contributed by atoms with Crippen LogP contribution in [0.25, 0.3) is 0 Å². The van der Waals surface area contributed by atoms with E-state index in [1.807, 2.05) is 13.8 Å². The maximum Gasteiger partial charge on any atom is 0.510 e. The number of rotatable bonds is 9. The molecule has 0 heterocycles. The van der Waals surface area contributed by atoms with Crippen molar-refractivity contribution in [1.29, 1.82) is 0 Å². The predicted octanol–water partition coefficient (Wildman–Crippen LogP) is 3.44. The largest absolute Gasteiger partial charge is 0.510 e. The van der Waals surface area contributed by atoms with E-state index in [2.05, 4.69) is 0 Å². The summed E-state index contributed by atoms with van der Waals surface area (Å²) in [5.41, 5.74) is 0. The van der Waals surface area contributed by atoms with Crippen molar-refractivity contribution in [2.24, 2.45) is 5.92 Å². The van der Waals surface area contributed by atoms with Crippen molar-refractivity contribution in [3.05, 3.63) is 0 Å². The monoisotopic (exact) mass is 362 g/mol. The van der Waals surface area contributed by atoms with Crippen LogP contribution in [0.2, 0.25) is 0 Å². The van der Waals surface area contributed by atoms with Gasteiger partial charge in [-0.2, -0.15) is 0 Å². The van der Waals surface area contributed by atoms with Crippen LogP contribution >= 0.6 is 15.2 Å². The Balaban J connectivity index is 5.69. The van der Waals surface area contributed by atoms with Crippen LogP contribution in [0, 0.1) is 5.92 Å². The molecule has 132 valence electrons. The Hall–Kier alpha value is -0.430. The lowest BCUT2D eigenvalue weighted by atomic mass is 10.2. The Morgan fingerprint density at radius 1 is 0.955 bits per heavy atom. The summed E-state index contributed by atoms with van der Waals surface area (Å²) < 4.78 is 54.4. The molecule has 0 rings (SSSR count). The molecular weight excluding hydrogens is 338 g/mol. The molecule has 0 aromatic rings. The molecular formula is C11H24O9P2. The molecule has 0 bridgehead atoms. The van der Waals surface area contributed by atoms with Crippen LogP contribution in [0.5, 0.6) is 0 Å². The highest BCUT2D eigenvalue weighted by atomic mass is 31.2. The van der Waals surface area contributed by atoms with Gasteiger partial charge in [-0.25, -0.2) is 4.79 Å². The van der Waals surface area contributed by atoms with Crippen LogP contribution in [0.15, 0.2) is 0 Å². The van der Waals surface area contributed by atoms with Crippen LogP contribution in [0.3, 0.4) is 0 Å². The molecule has 0 spiro atoms. The Kier molecular flexibility index (Phi) is 8.27. The SMILES string of the molecule is COP(=O)(OC)C(C)(OC(=O)OCC(C)C)P(=O)(OC)OC. The lowest BCUT2D eigenvalue weighted by molar-refractivity contribution is 0.0110. The van der Waals surface area contributed by atoms with E-state index < -0.39 is 26.4 Å². The predicted molar refractivity (Wildman–Crippen MR) is 78.9 cm³/mol. The fraction of sp³-hybridized carbons (Fsp3) is 0.909. The minimum absolute atomic E-state index is 0.0483. The summed E-state index contributed by atoms with van der Waals surface area (Å²) >= 11 is 0. The van der Waals surface area contributed by atoms with Gasteiger partial charge in [0.25, 0.3) is 0 Å². The zero-order valence-corrected chi connectivity index (χ0v) is 15.6. The van der Waals surface area contributed by atoms with E-state index in [-0.39, 0.29) is 12.5 Å². The Labute approximate surface area is 130 Å². The smallest absolute Gasteiger partial charge is 0.434 e. The molecule has 22 heavy (non-hydrogen) atoms. The Morgan fingerprint density at radius 3 is 1.59 bits per heavy atom. The fourth-order valence-electron chi connectivity index (χ4n) is 1.51. The number of hydrogen-bond acceptors (Lipinski definition) is 9. The average molecular weight is 362 g/mol. The molecule has 0 amide bonds. The average Bonchev–Trinajstić information content (AvgIpc) is 2.50. The van der Waals surface area contributed by atoms with Crippen LogP contribution in [-0.2, 0) is 36.7 Å². The van der Waals surface area contributed by atoms with E-state index in [1.165, 1.54) is 0 Å². The van der Waals surface area contributed by atoms with Gasteiger partial charge in [0.1, 0.15) is 0 Å². The van der Waals surface area contributed by atoms with Gasteiger partial charge < -0.3 is 27.6 Å². The highest BCUT2D eigenvalue weighted by molar-refractivity contribution is 7.73. The van der Waals surface area contributed by atoms with Crippen molar-refractivity contribution in [3.8, 4) is 0 Å². The van der Waals surface area contributed by atoms with Crippen molar-refractivity contribution < 1.29 is 41.5 Å². The maximum absolute atomic E-state index is 12.7. The topological polar surface area (TPSA) is 107 Å². The lowest BCUT2D eigenvalue weighted by Crippen LogP contribution is -2.34. The van der Waals surface area contributed by atoms with E-state index in [4.69, 9.17) is 27.6 Å². The Morgan fingerprint density at radius 2 is 1.32 bits per heavy atom. The zero-order valence-electron chi connectivity index (χ0n) is 13.9. The number of hydrogen-bond donors (Lipinski definition) is 0. The Bertz CT molecular complexity index is 420. The van der Waals surface area contributed by atoms with Crippen LogP contribution in [0.1, 0.15) is 20.8 Å². The first-order valence-corrected chi connectivity index (χ1v) is 9.43. The quantitative estimate of drug-likeness (QED) is 0.450. The molecule has 0 N–H and O–H groups in total. The van der Waals surface area contributed by atoms with Gasteiger partial charge in [-0.15, -0.1) is 0 Å². The minimum atomic E-state index is -4.20. The van der Waals surface area contributed by atoms with Crippen molar-refractivity contribution in [3.63, 3.8) is 0 Å². The molecule has 0 aromatic carbocycles. The number of ether oxygens (including phenoxy) is 2. The second-order valence-corrected chi connectivity index (χ2v) is 10.2. The lowest BCUT2D eigenvalue weighted by Gasteiger charge is -2.36.